The van der Waals surface area contributed by atoms with Gasteiger partial charge in [0.2, 0.25) is 0 Å². The Labute approximate surface area is 64.9 Å². The molecule has 0 aromatic rings. The van der Waals surface area contributed by atoms with E-state index in [1.165, 1.54) is 11.0 Å². The van der Waals surface area contributed by atoms with Crippen molar-refractivity contribution in [1.82, 2.24) is 10.2 Å². The Bertz CT molecular complexity index is 201. The van der Waals surface area contributed by atoms with Gasteiger partial charge < -0.3 is 10.2 Å². The molecule has 0 radical (unpaired) electrons. The molecule has 11 heavy (non-hydrogen) atoms. The minimum atomic E-state index is -0.166. The van der Waals surface area contributed by atoms with Gasteiger partial charge in [-0.25, -0.2) is 4.79 Å². The predicted octanol–water partition coefficient (Wildman–Crippen LogP) is -0.233. The summed E-state index contributed by atoms with van der Waals surface area (Å²) in [7, 11) is 0. The highest BCUT2D eigenvalue weighted by atomic mass is 16.2. The van der Waals surface area contributed by atoms with Gasteiger partial charge in [0.15, 0.2) is 5.78 Å². The van der Waals surface area contributed by atoms with E-state index < -0.39 is 0 Å². The number of amides is 2. The average molecular weight is 154 g/mol. The lowest BCUT2D eigenvalue weighted by atomic mass is 10.3. The van der Waals surface area contributed by atoms with E-state index in [1.54, 1.807) is 0 Å². The van der Waals surface area contributed by atoms with Gasteiger partial charge in [0.05, 0.1) is 6.54 Å². The molecular formula is C7H10N2O2. The van der Waals surface area contributed by atoms with Crippen LogP contribution in [0.1, 0.15) is 0 Å². The quantitative estimate of drug-likeness (QED) is 0.571. The van der Waals surface area contributed by atoms with Crippen LogP contribution in [-0.4, -0.2) is 36.3 Å². The number of nitrogens with zero attached hydrogens (tertiary/aromatic N) is 1. The lowest BCUT2D eigenvalue weighted by Gasteiger charge is -2.10. The van der Waals surface area contributed by atoms with Crippen LogP contribution in [0.15, 0.2) is 12.7 Å². The van der Waals surface area contributed by atoms with E-state index in [0.29, 0.717) is 13.1 Å². The summed E-state index contributed by atoms with van der Waals surface area (Å²) in [6.07, 6.45) is 1.23. The van der Waals surface area contributed by atoms with E-state index in [-0.39, 0.29) is 18.4 Å². The number of carbonyl (C=O) groups is 2. The molecule has 1 aliphatic heterocycles. The fourth-order valence-electron chi connectivity index (χ4n) is 0.915. The zero-order valence-electron chi connectivity index (χ0n) is 6.17. The van der Waals surface area contributed by atoms with E-state index in [0.717, 1.165) is 0 Å². The Morgan fingerprint density at radius 3 is 3.00 bits per heavy atom. The first-order valence-corrected chi connectivity index (χ1v) is 3.42. The summed E-state index contributed by atoms with van der Waals surface area (Å²) in [5.41, 5.74) is 0. The number of urea groups is 1. The SMILES string of the molecule is C=CC(=O)CN1CCNC1=O. The third-order valence-electron chi connectivity index (χ3n) is 1.52. The molecule has 60 valence electrons. The maximum atomic E-state index is 10.9. The number of rotatable bonds is 3. The summed E-state index contributed by atoms with van der Waals surface area (Å²) >= 11 is 0. The lowest BCUT2D eigenvalue weighted by molar-refractivity contribution is -0.115. The standard InChI is InChI=1S/C7H10N2O2/c1-2-6(10)5-9-4-3-8-7(9)11/h2H,1,3-5H2,(H,8,11). The second-order valence-corrected chi connectivity index (χ2v) is 2.32. The molecule has 4 nitrogen and oxygen atoms in total. The normalized spacial score (nSPS) is 16.4. The molecular weight excluding hydrogens is 144 g/mol. The molecule has 1 rings (SSSR count). The van der Waals surface area contributed by atoms with Crippen LogP contribution in [0, 0.1) is 0 Å². The minimum Gasteiger partial charge on any atom is -0.336 e. The molecule has 1 saturated heterocycles. The molecule has 4 heteroatoms. The van der Waals surface area contributed by atoms with Crippen LogP contribution in [0.3, 0.4) is 0 Å². The second kappa shape index (κ2) is 3.18. The summed E-state index contributed by atoms with van der Waals surface area (Å²) in [6.45, 7) is 4.71. The number of nitrogens with one attached hydrogen (secondary N) is 1. The van der Waals surface area contributed by atoms with Crippen LogP contribution in [0.5, 0.6) is 0 Å². The number of hydrogen-bond donors (Lipinski definition) is 1. The van der Waals surface area contributed by atoms with E-state index in [9.17, 15) is 9.59 Å². The molecule has 1 aliphatic rings. The zero-order chi connectivity index (χ0) is 8.27. The van der Waals surface area contributed by atoms with Crippen molar-refractivity contribution >= 4 is 11.8 Å². The van der Waals surface area contributed by atoms with Crippen molar-refractivity contribution < 1.29 is 9.59 Å². The molecule has 0 unspecified atom stereocenters. The zero-order valence-corrected chi connectivity index (χ0v) is 6.17. The van der Waals surface area contributed by atoms with Crippen LogP contribution in [0.25, 0.3) is 0 Å². The molecule has 0 aromatic heterocycles. The summed E-state index contributed by atoms with van der Waals surface area (Å²) in [5, 5.41) is 2.60. The lowest BCUT2D eigenvalue weighted by Crippen LogP contribution is -2.32. The van der Waals surface area contributed by atoms with Gasteiger partial charge in [-0.05, 0) is 6.08 Å². The van der Waals surface area contributed by atoms with Crippen LogP contribution >= 0.6 is 0 Å². The molecule has 0 aliphatic carbocycles. The van der Waals surface area contributed by atoms with Crippen LogP contribution < -0.4 is 5.32 Å². The Morgan fingerprint density at radius 1 is 1.82 bits per heavy atom. The third kappa shape index (κ3) is 1.80. The molecule has 0 saturated carbocycles. The van der Waals surface area contributed by atoms with Gasteiger partial charge in [-0.2, -0.15) is 0 Å². The Balaban J connectivity index is 2.42. The fourth-order valence-corrected chi connectivity index (χ4v) is 0.915. The Kier molecular flexibility index (Phi) is 2.25. The largest absolute Gasteiger partial charge is 0.336 e. The first-order valence-electron chi connectivity index (χ1n) is 3.42. The van der Waals surface area contributed by atoms with Crippen LogP contribution in [0.2, 0.25) is 0 Å². The van der Waals surface area contributed by atoms with E-state index in [1.807, 2.05) is 0 Å². The monoisotopic (exact) mass is 154 g/mol. The van der Waals surface area contributed by atoms with Gasteiger partial charge in [0, 0.05) is 13.1 Å². The van der Waals surface area contributed by atoms with Crippen LogP contribution in [-0.2, 0) is 4.79 Å². The molecule has 1 heterocycles. The Morgan fingerprint density at radius 2 is 2.55 bits per heavy atom. The van der Waals surface area contributed by atoms with Crippen molar-refractivity contribution in [1.29, 1.82) is 0 Å². The maximum Gasteiger partial charge on any atom is 0.317 e. The number of ketones is 1. The van der Waals surface area contributed by atoms with Gasteiger partial charge in [-0.1, -0.05) is 6.58 Å². The van der Waals surface area contributed by atoms with E-state index in [4.69, 9.17) is 0 Å². The van der Waals surface area contributed by atoms with Crippen LogP contribution in [0.4, 0.5) is 4.79 Å². The van der Waals surface area contributed by atoms with Gasteiger partial charge in [0.1, 0.15) is 0 Å². The highest BCUT2D eigenvalue weighted by molar-refractivity contribution is 5.93. The molecule has 0 aromatic carbocycles. The fraction of sp³-hybridized carbons (Fsp3) is 0.429. The third-order valence-corrected chi connectivity index (χ3v) is 1.52. The molecule has 2 amide bonds. The maximum absolute atomic E-state index is 10.9. The van der Waals surface area contributed by atoms with Crippen molar-refractivity contribution in [2.75, 3.05) is 19.6 Å². The topological polar surface area (TPSA) is 49.4 Å². The molecule has 0 bridgehead atoms. The first-order chi connectivity index (χ1) is 5.24. The highest BCUT2D eigenvalue weighted by Crippen LogP contribution is 1.95. The van der Waals surface area contributed by atoms with Crippen molar-refractivity contribution in [3.05, 3.63) is 12.7 Å². The second-order valence-electron chi connectivity index (χ2n) is 2.32. The summed E-state index contributed by atoms with van der Waals surface area (Å²) in [5.74, 6) is -0.123. The Hall–Kier alpha value is -1.32. The number of hydrogen-bond acceptors (Lipinski definition) is 2. The highest BCUT2D eigenvalue weighted by Gasteiger charge is 2.20. The summed E-state index contributed by atoms with van der Waals surface area (Å²) in [6, 6.07) is -0.166. The molecule has 0 atom stereocenters. The summed E-state index contributed by atoms with van der Waals surface area (Å²) < 4.78 is 0. The molecule has 0 spiro atoms. The smallest absolute Gasteiger partial charge is 0.317 e. The first kappa shape index (κ1) is 7.78. The minimum absolute atomic E-state index is 0.123. The van der Waals surface area contributed by atoms with E-state index in [2.05, 4.69) is 11.9 Å². The van der Waals surface area contributed by atoms with E-state index >= 15 is 0 Å². The number of carbonyl (C=O) groups excluding carboxylic acids is 2. The molecule has 1 fully saturated rings. The predicted molar refractivity (Wildman–Crippen MR) is 40.2 cm³/mol. The van der Waals surface area contributed by atoms with Crippen molar-refractivity contribution in [2.24, 2.45) is 0 Å². The van der Waals surface area contributed by atoms with Crippen molar-refractivity contribution in [3.8, 4) is 0 Å². The van der Waals surface area contributed by atoms with Crippen molar-refractivity contribution in [2.45, 2.75) is 0 Å². The average Bonchev–Trinajstić information content (AvgIpc) is 2.37. The molecule has 1 N–H and O–H groups in total. The van der Waals surface area contributed by atoms with Gasteiger partial charge in [-0.15, -0.1) is 0 Å². The van der Waals surface area contributed by atoms with Gasteiger partial charge in [0.25, 0.3) is 0 Å². The van der Waals surface area contributed by atoms with Gasteiger partial charge >= 0.3 is 6.03 Å². The van der Waals surface area contributed by atoms with Crippen molar-refractivity contribution in [3.63, 3.8) is 0 Å². The summed E-state index contributed by atoms with van der Waals surface area (Å²) in [4.78, 5) is 23.1. The van der Waals surface area contributed by atoms with Gasteiger partial charge in [-0.3, -0.25) is 4.79 Å².